The highest BCUT2D eigenvalue weighted by atomic mass is 35.5. The molecule has 7 aliphatic heterocycles. The number of aryl methyl sites for hydroxylation is 6. The zero-order valence-corrected chi connectivity index (χ0v) is 70.8. The number of fused-ring (bicyclic) bond motifs is 13. The maximum absolute atomic E-state index is 11.8. The minimum atomic E-state index is -0.491. The van der Waals surface area contributed by atoms with Gasteiger partial charge in [-0.2, -0.15) is 0 Å². The molecular weight excluding hydrogens is 1670 g/mol. The number of hydrogen-bond acceptors (Lipinski definition) is 29. The van der Waals surface area contributed by atoms with E-state index in [9.17, 15) is 38.7 Å². The number of esters is 4. The first-order valence-corrected chi connectivity index (χ1v) is 41.5. The molecule has 19 rings (SSSR count). The first-order valence-electron chi connectivity index (χ1n) is 40.4. The molecule has 12 aromatic rings. The second-order valence-electron chi connectivity index (χ2n) is 27.7. The van der Waals surface area contributed by atoms with Crippen LogP contribution in [0.15, 0.2) is 126 Å². The van der Waals surface area contributed by atoms with Crippen LogP contribution in [0.3, 0.4) is 0 Å². The first kappa shape index (κ1) is 88.5. The Morgan fingerprint density at radius 3 is 1.56 bits per heavy atom. The van der Waals surface area contributed by atoms with Gasteiger partial charge in [-0.25, -0.2) is 88.8 Å². The number of aromatic amines is 3. The summed E-state index contributed by atoms with van der Waals surface area (Å²) in [6, 6.07) is 7.37. The van der Waals surface area contributed by atoms with Gasteiger partial charge in [0.15, 0.2) is 40.7 Å². The molecule has 11 aromatic heterocycles. The smallest absolute Gasteiger partial charge is 0.374 e. The van der Waals surface area contributed by atoms with Crippen LogP contribution >= 0.6 is 34.8 Å². The Hall–Kier alpha value is -13.3. The van der Waals surface area contributed by atoms with Crippen molar-refractivity contribution in [2.45, 2.75) is 119 Å². The molecule has 7 aliphatic rings. The fourth-order valence-electron chi connectivity index (χ4n) is 14.2. The number of H-pyrrole nitrogens is 3. The third kappa shape index (κ3) is 21.6. The molecule has 0 aliphatic carbocycles. The molecule has 40 nitrogen and oxygen atoms in total. The molecule has 0 bridgehead atoms. The van der Waals surface area contributed by atoms with E-state index >= 15 is 0 Å². The van der Waals surface area contributed by atoms with Crippen LogP contribution in [-0.2, 0) is 103 Å². The Morgan fingerprint density at radius 1 is 0.500 bits per heavy atom. The van der Waals surface area contributed by atoms with Crippen molar-refractivity contribution in [3.63, 3.8) is 0 Å². The van der Waals surface area contributed by atoms with Gasteiger partial charge in [-0.1, -0.05) is 11.6 Å². The summed E-state index contributed by atoms with van der Waals surface area (Å²) in [5.74, 6) is 5.14. The summed E-state index contributed by atoms with van der Waals surface area (Å²) in [7, 11) is 0. The Morgan fingerprint density at radius 2 is 0.992 bits per heavy atom. The van der Waals surface area contributed by atoms with Crippen LogP contribution in [0.5, 0.6) is 0 Å². The van der Waals surface area contributed by atoms with Crippen molar-refractivity contribution in [1.29, 1.82) is 0 Å². The van der Waals surface area contributed by atoms with Crippen molar-refractivity contribution in [3.8, 4) is 57.5 Å². The van der Waals surface area contributed by atoms with Crippen LogP contribution in [0.1, 0.15) is 103 Å². The van der Waals surface area contributed by atoms with E-state index < -0.39 is 23.6 Å². The second kappa shape index (κ2) is 42.5. The summed E-state index contributed by atoms with van der Waals surface area (Å²) in [5.41, 5.74) is 8.00. The molecule has 124 heavy (non-hydrogen) atoms. The SMILES string of the molecule is CCNC(=O)Nc1ccc(-c2nc3c(c(N4CCOCC4)n2)CCn2ccnc2-3)cc1.CCOC(=O)C1=C(O)c2nccn2CC1.CCOC(=O)CCCn1ccnc1C(=O)OCC.CCOC(=O)c1ncc[nH]1.Clc1nc(Cl)c2c(n1)-c1nccn1CC2.Clc1nc2c(c(N3CCOCC3)n1)CCn1ccnc1-2.O=c1[nH]c2c(c(=O)[nH]1)CCn1ccnc1-2. The van der Waals surface area contributed by atoms with Gasteiger partial charge >= 0.3 is 35.6 Å². The van der Waals surface area contributed by atoms with Crippen molar-refractivity contribution in [2.24, 2.45) is 0 Å². The molecule has 6 N–H and O–H groups in total. The molecule has 2 fully saturated rings. The summed E-state index contributed by atoms with van der Waals surface area (Å²) in [6.45, 7) is 21.5. The lowest BCUT2D eigenvalue weighted by Gasteiger charge is -2.31. The zero-order valence-electron chi connectivity index (χ0n) is 68.6. The number of hydrogen-bond donors (Lipinski definition) is 6. The Labute approximate surface area is 723 Å². The second-order valence-corrected chi connectivity index (χ2v) is 28.8. The molecule has 0 spiro atoms. The summed E-state index contributed by atoms with van der Waals surface area (Å²) < 4.78 is 41.8. The van der Waals surface area contributed by atoms with E-state index in [4.69, 9.17) is 68.5 Å². The van der Waals surface area contributed by atoms with Gasteiger partial charge < -0.3 is 91.3 Å². The van der Waals surface area contributed by atoms with Gasteiger partial charge in [-0.05, 0) is 114 Å². The van der Waals surface area contributed by atoms with Crippen molar-refractivity contribution in [1.82, 2.24) is 112 Å². The molecule has 43 heteroatoms. The van der Waals surface area contributed by atoms with E-state index in [2.05, 4.69) is 104 Å². The summed E-state index contributed by atoms with van der Waals surface area (Å²) in [4.78, 5) is 147. The van der Waals surface area contributed by atoms with E-state index in [0.717, 1.165) is 159 Å². The number of benzene rings is 1. The number of carbonyl (C=O) groups is 5. The highest BCUT2D eigenvalue weighted by molar-refractivity contribution is 6.32. The number of aliphatic hydroxyl groups is 1. The largest absolute Gasteiger partial charge is 0.504 e. The van der Waals surface area contributed by atoms with Crippen LogP contribution in [0.2, 0.25) is 15.7 Å². The van der Waals surface area contributed by atoms with Crippen molar-refractivity contribution in [2.75, 3.05) is 101 Å². The number of carbonyl (C=O) groups excluding carboxylic acids is 5. The Bertz CT molecular complexity index is 5860. The van der Waals surface area contributed by atoms with Gasteiger partial charge in [0, 0.05) is 205 Å². The number of imidazole rings is 7. The minimum absolute atomic E-state index is 0.0651. The van der Waals surface area contributed by atoms with Gasteiger partial charge in [-0.15, -0.1) is 0 Å². The first-order chi connectivity index (χ1) is 60.3. The van der Waals surface area contributed by atoms with Gasteiger partial charge in [-0.3, -0.25) is 14.6 Å². The summed E-state index contributed by atoms with van der Waals surface area (Å²) in [6.07, 6.45) is 29.0. The number of morpholine rings is 2. The third-order valence-electron chi connectivity index (χ3n) is 20.0. The molecule has 2 saturated heterocycles. The summed E-state index contributed by atoms with van der Waals surface area (Å²) in [5, 5.41) is 16.2. The minimum Gasteiger partial charge on any atom is -0.504 e. The number of amides is 2. The van der Waals surface area contributed by atoms with Gasteiger partial charge in [0.25, 0.3) is 5.56 Å². The topological polar surface area (TPSA) is 470 Å². The molecule has 1 aromatic carbocycles. The van der Waals surface area contributed by atoms with E-state index in [0.29, 0.717) is 124 Å². The van der Waals surface area contributed by atoms with Crippen LogP contribution in [0.25, 0.3) is 63.2 Å². The predicted octanol–water partition coefficient (Wildman–Crippen LogP) is 8.72. The number of rotatable bonds is 16. The molecule has 0 atom stereocenters. The number of nitrogens with zero attached hydrogens (tertiary/aromatic N) is 21. The lowest BCUT2D eigenvalue weighted by atomic mass is 10.0. The van der Waals surface area contributed by atoms with Gasteiger partial charge in [0.2, 0.25) is 22.2 Å². The highest BCUT2D eigenvalue weighted by Crippen LogP contribution is 2.38. The highest BCUT2D eigenvalue weighted by Gasteiger charge is 2.31. The number of anilines is 3. The number of ether oxygens (including phenoxy) is 6. The standard InChI is InChI=1S/C22H25N7O2.C13H14ClN5O.C12H18N2O4.C10H12N2O3.C9H6Cl2N4.C9H8N4O2.C6H8N2O2/c1-2-23-22(30)25-16-5-3-15(4-6-16)19-26-18-17(7-9-28-10-8-24-21(18)28)20(27-19)29-11-13-31-14-12-29;14-13-16-10-9(1-3-18-4-2-15-12(10)18)11(17-13)19-5-7-20-8-6-19;1-3-17-10(15)6-5-8-14-9-7-13-11(14)12(16)18-4-2;1-2-15-10(14)7-3-5-12-6-4-11-9(12)8(7)13;10-7-5-1-3-15-4-2-12-8(15)6(5)13-9(11)14-7;14-8-5-1-3-13-4-2-10-7(13)6(5)11-9(15)12-8;1-2-10-6(9)5-7-3-4-8-5/h3-6,8,10H,2,7,9,11-14H2,1H3,(H2,23,25,30);2,4H,1,3,5-8H2;7,9H,3-6,8H2,1-2H3;4,6,13H,2-3,5H2,1H3;2,4H,1,3H2;2,4H,1,3H2,(H2,11,12,14,15);3-4H,2H2,1H3,(H,7,8). The van der Waals surface area contributed by atoms with E-state index in [-0.39, 0.29) is 45.5 Å². The monoisotopic (exact) mass is 1760 g/mol. The number of halogens is 3. The average Bonchev–Trinajstić information content (AvgIpc) is 1.38. The Kier molecular flexibility index (Phi) is 30.3. The van der Waals surface area contributed by atoms with Gasteiger partial charge in [0.05, 0.1) is 64.1 Å². The van der Waals surface area contributed by atoms with Crippen molar-refractivity contribution < 1.29 is 57.5 Å². The van der Waals surface area contributed by atoms with E-state index in [1.165, 1.54) is 12.4 Å². The average molecular weight is 1760 g/mol. The van der Waals surface area contributed by atoms with Gasteiger partial charge in [0.1, 0.15) is 33.9 Å². The maximum atomic E-state index is 11.8. The zero-order chi connectivity index (χ0) is 87.2. The van der Waals surface area contributed by atoms with Crippen LogP contribution in [0, 0.1) is 0 Å². The number of nitrogens with one attached hydrogen (secondary N) is 5. The summed E-state index contributed by atoms with van der Waals surface area (Å²) >= 11 is 17.9. The third-order valence-corrected chi connectivity index (χ3v) is 20.6. The van der Waals surface area contributed by atoms with Crippen molar-refractivity contribution in [3.05, 3.63) is 193 Å². The molecule has 18 heterocycles. The maximum Gasteiger partial charge on any atom is 0.374 e. The van der Waals surface area contributed by atoms with E-state index in [1.54, 1.807) is 80.2 Å². The van der Waals surface area contributed by atoms with Crippen molar-refractivity contribution >= 4 is 87.8 Å². The fourth-order valence-corrected chi connectivity index (χ4v) is 14.9. The lowest BCUT2D eigenvalue weighted by molar-refractivity contribution is -0.143. The fraction of sp³-hybridized carbons (Fsp3) is 0.383. The lowest BCUT2D eigenvalue weighted by Crippen LogP contribution is -2.38. The number of aliphatic hydroxyl groups excluding tert-OH is 1. The predicted molar refractivity (Wildman–Crippen MR) is 454 cm³/mol. The normalized spacial score (nSPS) is 13.9. The van der Waals surface area contributed by atoms with Crippen LogP contribution < -0.4 is 31.7 Å². The number of aromatic nitrogens is 22. The molecule has 0 unspecified atom stereocenters. The van der Waals surface area contributed by atoms with Crippen LogP contribution in [-0.4, -0.2) is 228 Å². The molecule has 650 valence electrons. The molecule has 2 amide bonds. The Balaban J connectivity index is 0.000000128. The number of urea groups is 1. The molecule has 0 radical (unpaired) electrons. The van der Waals surface area contributed by atoms with Crippen LogP contribution in [0.4, 0.5) is 22.1 Å². The molecular formula is C81H91Cl3N26O14. The quantitative estimate of drug-likeness (QED) is 0.0228. The molecule has 0 saturated carbocycles. The van der Waals surface area contributed by atoms with E-state index in [1.807, 2.05) is 71.3 Å².